The van der Waals surface area contributed by atoms with Gasteiger partial charge in [0.15, 0.2) is 5.82 Å². The van der Waals surface area contributed by atoms with Crippen LogP contribution in [0.5, 0.6) is 0 Å². The highest BCUT2D eigenvalue weighted by Crippen LogP contribution is 2.14. The van der Waals surface area contributed by atoms with Crippen molar-refractivity contribution in [1.82, 2.24) is 30.0 Å². The molecular weight excluding hydrogens is 260 g/mol. The van der Waals surface area contributed by atoms with Gasteiger partial charge in [-0.3, -0.25) is 9.69 Å². The molecule has 2 rings (SSSR count). The van der Waals surface area contributed by atoms with Gasteiger partial charge in [0.25, 0.3) is 0 Å². The van der Waals surface area contributed by atoms with E-state index in [0.717, 1.165) is 12.0 Å². The minimum absolute atomic E-state index is 0.0646. The van der Waals surface area contributed by atoms with E-state index in [4.69, 9.17) is 0 Å². The van der Waals surface area contributed by atoms with Crippen molar-refractivity contribution in [1.29, 1.82) is 0 Å². The van der Waals surface area contributed by atoms with E-state index in [1.807, 2.05) is 6.92 Å². The Balaban J connectivity index is 2.03. The first kappa shape index (κ1) is 14.2. The largest absolute Gasteiger partial charge is 0.327 e. The lowest BCUT2D eigenvalue weighted by Crippen LogP contribution is -2.52. The molecule has 20 heavy (non-hydrogen) atoms. The third-order valence-electron chi connectivity index (χ3n) is 3.06. The molecule has 0 unspecified atom stereocenters. The molecule has 0 radical (unpaired) electrons. The summed E-state index contributed by atoms with van der Waals surface area (Å²) < 4.78 is 0. The van der Waals surface area contributed by atoms with Crippen molar-refractivity contribution < 1.29 is 9.59 Å². The molecule has 108 valence electrons. The summed E-state index contributed by atoms with van der Waals surface area (Å²) in [6, 6.07) is -0.296. The van der Waals surface area contributed by atoms with E-state index >= 15 is 0 Å². The lowest BCUT2D eigenvalue weighted by atomic mass is 10.2. The van der Waals surface area contributed by atoms with Gasteiger partial charge in [-0.15, -0.1) is 16.8 Å². The summed E-state index contributed by atoms with van der Waals surface area (Å²) in [5.41, 5.74) is 1.01. The van der Waals surface area contributed by atoms with E-state index in [0.29, 0.717) is 25.3 Å². The topological polar surface area (TPSA) is 84.2 Å². The van der Waals surface area contributed by atoms with Crippen molar-refractivity contribution in [2.75, 3.05) is 13.1 Å². The van der Waals surface area contributed by atoms with Gasteiger partial charge in [0.05, 0.1) is 13.6 Å². The quantitative estimate of drug-likeness (QED) is 0.725. The van der Waals surface area contributed by atoms with E-state index in [2.05, 4.69) is 22.0 Å². The van der Waals surface area contributed by atoms with Crippen LogP contribution in [0.1, 0.15) is 25.6 Å². The fourth-order valence-corrected chi connectivity index (χ4v) is 1.96. The average molecular weight is 278 g/mol. The highest BCUT2D eigenvalue weighted by Gasteiger charge is 2.32. The molecule has 0 N–H and O–H groups in total. The second-order valence-corrected chi connectivity index (χ2v) is 4.90. The minimum atomic E-state index is -0.296. The molecule has 1 saturated heterocycles. The molecule has 0 aliphatic carbocycles. The van der Waals surface area contributed by atoms with Crippen molar-refractivity contribution in [3.05, 3.63) is 18.0 Å². The summed E-state index contributed by atoms with van der Waals surface area (Å²) in [6.45, 7) is 6.83. The van der Waals surface area contributed by atoms with Crippen LogP contribution in [0.15, 0.2) is 12.2 Å². The van der Waals surface area contributed by atoms with Crippen molar-refractivity contribution in [3.63, 3.8) is 0 Å². The zero-order valence-electron chi connectivity index (χ0n) is 11.7. The number of carbonyl (C=O) groups is 2. The molecule has 1 aromatic rings. The zero-order chi connectivity index (χ0) is 14.7. The van der Waals surface area contributed by atoms with Gasteiger partial charge >= 0.3 is 6.03 Å². The number of amides is 3. The molecule has 0 aromatic carbocycles. The van der Waals surface area contributed by atoms with Gasteiger partial charge in [-0.2, -0.15) is 4.80 Å². The normalized spacial score (nSPS) is 15.9. The van der Waals surface area contributed by atoms with Crippen molar-refractivity contribution in [3.8, 4) is 0 Å². The molecule has 1 aliphatic rings. The van der Waals surface area contributed by atoms with Crippen LogP contribution in [0.3, 0.4) is 0 Å². The van der Waals surface area contributed by atoms with Crippen molar-refractivity contribution in [2.45, 2.75) is 26.3 Å². The van der Waals surface area contributed by atoms with Crippen molar-refractivity contribution >= 4 is 11.9 Å². The van der Waals surface area contributed by atoms with E-state index in [9.17, 15) is 9.59 Å². The maximum absolute atomic E-state index is 12.3. The zero-order valence-corrected chi connectivity index (χ0v) is 11.7. The standard InChI is InChI=1S/C12H18N6O2/c1-9(2)4-6-17-7-5-11(19)18(12(17)20)8-10-13-15-16(3)14-10/h1,4-8H2,2-3H3. The third kappa shape index (κ3) is 3.19. The molecule has 0 spiro atoms. The lowest BCUT2D eigenvalue weighted by Gasteiger charge is -2.33. The number of nitrogens with zero attached hydrogens (tertiary/aromatic N) is 6. The Hall–Kier alpha value is -2.25. The summed E-state index contributed by atoms with van der Waals surface area (Å²) >= 11 is 0. The Morgan fingerprint density at radius 1 is 1.40 bits per heavy atom. The highest BCUT2D eigenvalue weighted by atomic mass is 16.2. The van der Waals surface area contributed by atoms with Gasteiger partial charge in [0.1, 0.15) is 0 Å². The second-order valence-electron chi connectivity index (χ2n) is 4.90. The van der Waals surface area contributed by atoms with Crippen LogP contribution < -0.4 is 0 Å². The maximum atomic E-state index is 12.3. The smallest absolute Gasteiger partial charge is 0.323 e. The summed E-state index contributed by atoms with van der Waals surface area (Å²) in [6.07, 6.45) is 1.05. The van der Waals surface area contributed by atoms with Crippen molar-refractivity contribution in [2.24, 2.45) is 7.05 Å². The lowest BCUT2D eigenvalue weighted by molar-refractivity contribution is -0.131. The number of rotatable bonds is 5. The average Bonchev–Trinajstić information content (AvgIpc) is 2.79. The summed E-state index contributed by atoms with van der Waals surface area (Å²) in [4.78, 5) is 28.3. The summed E-state index contributed by atoms with van der Waals surface area (Å²) in [7, 11) is 1.63. The first-order valence-electron chi connectivity index (χ1n) is 6.44. The maximum Gasteiger partial charge on any atom is 0.327 e. The number of carbonyl (C=O) groups excluding carboxylic acids is 2. The SMILES string of the molecule is C=C(C)CCN1CCC(=O)N(Cc2nnn(C)n2)C1=O. The fraction of sp³-hybridized carbons (Fsp3) is 0.583. The number of aromatic nitrogens is 4. The van der Waals surface area contributed by atoms with Gasteiger partial charge in [-0.1, -0.05) is 5.57 Å². The molecule has 1 aromatic heterocycles. The van der Waals surface area contributed by atoms with Crippen LogP contribution in [0.2, 0.25) is 0 Å². The van der Waals surface area contributed by atoms with Crippen LogP contribution >= 0.6 is 0 Å². The molecule has 1 aliphatic heterocycles. The van der Waals surface area contributed by atoms with Gasteiger partial charge in [0, 0.05) is 19.5 Å². The van der Waals surface area contributed by atoms with Gasteiger partial charge < -0.3 is 4.90 Å². The molecule has 0 bridgehead atoms. The van der Waals surface area contributed by atoms with Gasteiger partial charge in [0.2, 0.25) is 5.91 Å². The number of imide groups is 1. The third-order valence-corrected chi connectivity index (χ3v) is 3.06. The Morgan fingerprint density at radius 2 is 2.15 bits per heavy atom. The number of hydrogen-bond donors (Lipinski definition) is 0. The Bertz CT molecular complexity index is 538. The van der Waals surface area contributed by atoms with Crippen LogP contribution in [-0.2, 0) is 18.4 Å². The highest BCUT2D eigenvalue weighted by molar-refractivity contribution is 5.96. The monoisotopic (exact) mass is 278 g/mol. The molecular formula is C12H18N6O2. The molecule has 2 heterocycles. The number of urea groups is 1. The van der Waals surface area contributed by atoms with E-state index in [1.54, 1.807) is 11.9 Å². The Morgan fingerprint density at radius 3 is 2.75 bits per heavy atom. The van der Waals surface area contributed by atoms with E-state index in [1.165, 1.54) is 9.70 Å². The molecule has 3 amide bonds. The molecule has 8 nitrogen and oxygen atoms in total. The van der Waals surface area contributed by atoms with Crippen LogP contribution in [0.4, 0.5) is 4.79 Å². The predicted octanol–water partition coefficient (Wildman–Crippen LogP) is 0.331. The molecule has 8 heteroatoms. The molecule has 0 saturated carbocycles. The number of aryl methyl sites for hydroxylation is 1. The Labute approximate surface area is 117 Å². The number of hydrogen-bond acceptors (Lipinski definition) is 5. The van der Waals surface area contributed by atoms with E-state index in [-0.39, 0.29) is 18.5 Å². The van der Waals surface area contributed by atoms with Crippen LogP contribution in [0, 0.1) is 0 Å². The van der Waals surface area contributed by atoms with Gasteiger partial charge in [-0.05, 0) is 18.6 Å². The van der Waals surface area contributed by atoms with E-state index < -0.39 is 0 Å². The predicted molar refractivity (Wildman–Crippen MR) is 70.4 cm³/mol. The molecule has 1 fully saturated rings. The Kier molecular flexibility index (Phi) is 4.11. The fourth-order valence-electron chi connectivity index (χ4n) is 1.96. The van der Waals surface area contributed by atoms with Crippen LogP contribution in [0.25, 0.3) is 0 Å². The summed E-state index contributed by atoms with van der Waals surface area (Å²) in [5, 5.41) is 11.5. The first-order chi connectivity index (χ1) is 9.47. The van der Waals surface area contributed by atoms with Crippen LogP contribution in [-0.4, -0.2) is 55.0 Å². The van der Waals surface area contributed by atoms with Gasteiger partial charge in [-0.25, -0.2) is 4.79 Å². The first-order valence-corrected chi connectivity index (χ1v) is 6.44. The summed E-state index contributed by atoms with van der Waals surface area (Å²) in [5.74, 6) is 0.157. The minimum Gasteiger partial charge on any atom is -0.323 e. The number of tetrazole rings is 1. The molecule has 0 atom stereocenters. The second kappa shape index (κ2) is 5.81.